The maximum Gasteiger partial charge on any atom is 0.227 e. The van der Waals surface area contributed by atoms with Crippen molar-refractivity contribution < 1.29 is 4.79 Å². The molecule has 0 aliphatic carbocycles. The van der Waals surface area contributed by atoms with Gasteiger partial charge in [0.1, 0.15) is 0 Å². The van der Waals surface area contributed by atoms with Crippen molar-refractivity contribution >= 4 is 5.91 Å². The molecule has 0 aliphatic rings. The van der Waals surface area contributed by atoms with Crippen molar-refractivity contribution in [1.82, 2.24) is 4.90 Å². The lowest BCUT2D eigenvalue weighted by Gasteiger charge is -2.25. The molecule has 0 unspecified atom stereocenters. The molecule has 0 aromatic heterocycles. The number of hydrogen-bond donors (Lipinski definition) is 1. The van der Waals surface area contributed by atoms with Gasteiger partial charge in [0.05, 0.1) is 6.42 Å². The number of rotatable bonds is 7. The molecule has 0 spiro atoms. The minimum atomic E-state index is 0.209. The fourth-order valence-corrected chi connectivity index (χ4v) is 2.31. The summed E-state index contributed by atoms with van der Waals surface area (Å²) in [4.78, 5) is 14.5. The van der Waals surface area contributed by atoms with E-state index in [4.69, 9.17) is 5.73 Å². The summed E-state index contributed by atoms with van der Waals surface area (Å²) in [6.45, 7) is 10.6. The van der Waals surface area contributed by atoms with E-state index < -0.39 is 0 Å². The average Bonchev–Trinajstić information content (AvgIpc) is 2.38. The van der Waals surface area contributed by atoms with E-state index in [1.807, 2.05) is 4.90 Å². The standard InChI is InChI=1S/C17H28N2O/c1-13(2)12-19(9-5-8-18)17(20)11-16-10-14(3)6-7-15(16)4/h6-7,10,13H,5,8-9,11-12,18H2,1-4H3. The highest BCUT2D eigenvalue weighted by Gasteiger charge is 2.15. The predicted octanol–water partition coefficient (Wildman–Crippen LogP) is 2.68. The van der Waals surface area contributed by atoms with E-state index in [-0.39, 0.29) is 5.91 Å². The first kappa shape index (κ1) is 16.7. The molecule has 1 aromatic rings. The van der Waals surface area contributed by atoms with Gasteiger partial charge in [0.2, 0.25) is 5.91 Å². The number of nitrogens with zero attached hydrogens (tertiary/aromatic N) is 1. The van der Waals surface area contributed by atoms with Crippen LogP contribution < -0.4 is 5.73 Å². The number of carbonyl (C=O) groups is 1. The topological polar surface area (TPSA) is 46.3 Å². The van der Waals surface area contributed by atoms with Crippen LogP contribution in [0.2, 0.25) is 0 Å². The summed E-state index contributed by atoms with van der Waals surface area (Å²) in [5.74, 6) is 0.691. The van der Waals surface area contributed by atoms with Gasteiger partial charge in [-0.2, -0.15) is 0 Å². The molecular weight excluding hydrogens is 248 g/mol. The Hall–Kier alpha value is -1.35. The zero-order valence-corrected chi connectivity index (χ0v) is 13.3. The number of benzene rings is 1. The SMILES string of the molecule is Cc1ccc(C)c(CC(=O)N(CCCN)CC(C)C)c1. The molecule has 0 atom stereocenters. The van der Waals surface area contributed by atoms with Crippen LogP contribution in [-0.2, 0) is 11.2 Å². The van der Waals surface area contributed by atoms with Crippen LogP contribution in [-0.4, -0.2) is 30.4 Å². The summed E-state index contributed by atoms with van der Waals surface area (Å²) < 4.78 is 0. The van der Waals surface area contributed by atoms with E-state index in [1.54, 1.807) is 0 Å². The number of amides is 1. The molecular formula is C17H28N2O. The fourth-order valence-electron chi connectivity index (χ4n) is 2.31. The molecule has 3 nitrogen and oxygen atoms in total. The Labute approximate surface area is 123 Å². The first-order valence-electron chi connectivity index (χ1n) is 7.48. The van der Waals surface area contributed by atoms with Gasteiger partial charge in [-0.3, -0.25) is 4.79 Å². The van der Waals surface area contributed by atoms with Gasteiger partial charge in [0.15, 0.2) is 0 Å². The monoisotopic (exact) mass is 276 g/mol. The van der Waals surface area contributed by atoms with Crippen LogP contribution in [0.4, 0.5) is 0 Å². The van der Waals surface area contributed by atoms with Gasteiger partial charge in [0.25, 0.3) is 0 Å². The van der Waals surface area contributed by atoms with Gasteiger partial charge in [0, 0.05) is 13.1 Å². The molecule has 0 saturated carbocycles. The average molecular weight is 276 g/mol. The van der Waals surface area contributed by atoms with Crippen molar-refractivity contribution in [3.63, 3.8) is 0 Å². The molecule has 0 radical (unpaired) electrons. The summed E-state index contributed by atoms with van der Waals surface area (Å²) in [6, 6.07) is 6.29. The third-order valence-corrected chi connectivity index (χ3v) is 3.42. The van der Waals surface area contributed by atoms with Gasteiger partial charge in [-0.15, -0.1) is 0 Å². The molecule has 0 saturated heterocycles. The molecule has 0 bridgehead atoms. The summed E-state index contributed by atoms with van der Waals surface area (Å²) in [7, 11) is 0. The van der Waals surface area contributed by atoms with Gasteiger partial charge >= 0.3 is 0 Å². The Bertz CT molecular complexity index is 441. The normalized spacial score (nSPS) is 10.9. The van der Waals surface area contributed by atoms with Crippen molar-refractivity contribution in [2.45, 2.75) is 40.5 Å². The molecule has 1 amide bonds. The van der Waals surface area contributed by atoms with Crippen molar-refractivity contribution in [2.24, 2.45) is 11.7 Å². The van der Waals surface area contributed by atoms with E-state index in [1.165, 1.54) is 11.1 Å². The Morgan fingerprint density at radius 1 is 1.30 bits per heavy atom. The third kappa shape index (κ3) is 5.33. The number of hydrogen-bond acceptors (Lipinski definition) is 2. The highest BCUT2D eigenvalue weighted by atomic mass is 16.2. The molecule has 0 heterocycles. The van der Waals surface area contributed by atoms with Crippen LogP contribution in [0.15, 0.2) is 18.2 Å². The fraction of sp³-hybridized carbons (Fsp3) is 0.588. The number of carbonyl (C=O) groups excluding carboxylic acids is 1. The highest BCUT2D eigenvalue weighted by molar-refractivity contribution is 5.79. The summed E-state index contributed by atoms with van der Waals surface area (Å²) in [5, 5.41) is 0. The molecule has 112 valence electrons. The van der Waals surface area contributed by atoms with E-state index in [0.717, 1.165) is 25.1 Å². The predicted molar refractivity (Wildman–Crippen MR) is 84.7 cm³/mol. The van der Waals surface area contributed by atoms with Crippen molar-refractivity contribution in [3.8, 4) is 0 Å². The quantitative estimate of drug-likeness (QED) is 0.832. The van der Waals surface area contributed by atoms with E-state index >= 15 is 0 Å². The number of aryl methyl sites for hydroxylation is 2. The van der Waals surface area contributed by atoms with Crippen LogP contribution in [0.3, 0.4) is 0 Å². The number of nitrogens with two attached hydrogens (primary N) is 1. The molecule has 20 heavy (non-hydrogen) atoms. The molecule has 0 aliphatic heterocycles. The lowest BCUT2D eigenvalue weighted by Crippen LogP contribution is -2.37. The lowest BCUT2D eigenvalue weighted by atomic mass is 10.0. The summed E-state index contributed by atoms with van der Waals surface area (Å²) in [6.07, 6.45) is 1.36. The third-order valence-electron chi connectivity index (χ3n) is 3.42. The summed E-state index contributed by atoms with van der Waals surface area (Å²) in [5.41, 5.74) is 9.09. The smallest absolute Gasteiger partial charge is 0.227 e. The van der Waals surface area contributed by atoms with Gasteiger partial charge in [-0.1, -0.05) is 37.6 Å². The highest BCUT2D eigenvalue weighted by Crippen LogP contribution is 2.13. The van der Waals surface area contributed by atoms with E-state index in [0.29, 0.717) is 18.9 Å². The van der Waals surface area contributed by atoms with Crippen molar-refractivity contribution in [3.05, 3.63) is 34.9 Å². The molecule has 0 fully saturated rings. The Morgan fingerprint density at radius 2 is 2.00 bits per heavy atom. The first-order valence-corrected chi connectivity index (χ1v) is 7.48. The van der Waals surface area contributed by atoms with Gasteiger partial charge in [-0.05, 0) is 43.9 Å². The van der Waals surface area contributed by atoms with Crippen LogP contribution in [0, 0.1) is 19.8 Å². The largest absolute Gasteiger partial charge is 0.342 e. The van der Waals surface area contributed by atoms with E-state index in [2.05, 4.69) is 45.9 Å². The summed E-state index contributed by atoms with van der Waals surface area (Å²) >= 11 is 0. The maximum atomic E-state index is 12.5. The molecule has 1 aromatic carbocycles. The van der Waals surface area contributed by atoms with E-state index in [9.17, 15) is 4.79 Å². The van der Waals surface area contributed by atoms with Gasteiger partial charge in [-0.25, -0.2) is 0 Å². The zero-order valence-electron chi connectivity index (χ0n) is 13.3. The Morgan fingerprint density at radius 3 is 2.60 bits per heavy atom. The second-order valence-electron chi connectivity index (χ2n) is 5.98. The Balaban J connectivity index is 2.76. The minimum Gasteiger partial charge on any atom is -0.342 e. The first-order chi connectivity index (χ1) is 9.43. The van der Waals surface area contributed by atoms with Crippen molar-refractivity contribution in [2.75, 3.05) is 19.6 Å². The second kappa shape index (κ2) is 8.05. The van der Waals surface area contributed by atoms with Crippen LogP contribution in [0.25, 0.3) is 0 Å². The molecule has 3 heteroatoms. The second-order valence-corrected chi connectivity index (χ2v) is 5.98. The van der Waals surface area contributed by atoms with Crippen LogP contribution in [0.5, 0.6) is 0 Å². The van der Waals surface area contributed by atoms with Gasteiger partial charge < -0.3 is 10.6 Å². The molecule has 2 N–H and O–H groups in total. The van der Waals surface area contributed by atoms with Crippen molar-refractivity contribution in [1.29, 1.82) is 0 Å². The molecule has 1 rings (SSSR count). The van der Waals surface area contributed by atoms with Crippen LogP contribution >= 0.6 is 0 Å². The Kier molecular flexibility index (Phi) is 6.73. The zero-order chi connectivity index (χ0) is 15.1. The maximum absolute atomic E-state index is 12.5. The van der Waals surface area contributed by atoms with Crippen LogP contribution in [0.1, 0.15) is 37.0 Å². The minimum absolute atomic E-state index is 0.209. The lowest BCUT2D eigenvalue weighted by molar-refractivity contribution is -0.131.